The molecule has 9 heteroatoms. The number of anilines is 1. The Hall–Kier alpha value is -3.59. The van der Waals surface area contributed by atoms with E-state index in [1.54, 1.807) is 24.4 Å². The molecule has 1 unspecified atom stereocenters. The van der Waals surface area contributed by atoms with Crippen LogP contribution in [0.25, 0.3) is 22.5 Å². The zero-order chi connectivity index (χ0) is 24.9. The van der Waals surface area contributed by atoms with Crippen molar-refractivity contribution in [3.63, 3.8) is 0 Å². The minimum Gasteiger partial charge on any atom is -0.481 e. The summed E-state index contributed by atoms with van der Waals surface area (Å²) in [5.41, 5.74) is 3.13. The van der Waals surface area contributed by atoms with E-state index in [2.05, 4.69) is 9.97 Å². The van der Waals surface area contributed by atoms with Crippen molar-refractivity contribution in [2.75, 3.05) is 18.6 Å². The van der Waals surface area contributed by atoms with Gasteiger partial charge in [0.15, 0.2) is 5.13 Å². The van der Waals surface area contributed by atoms with Crippen LogP contribution in [0.15, 0.2) is 54.2 Å². The van der Waals surface area contributed by atoms with Gasteiger partial charge in [-0.1, -0.05) is 50.3 Å². The normalized spacial score (nSPS) is 19.3. The van der Waals surface area contributed by atoms with Crippen LogP contribution in [0.1, 0.15) is 26.7 Å². The average Bonchev–Trinajstić information content (AvgIpc) is 3.33. The third kappa shape index (κ3) is 5.40. The Balaban J connectivity index is 1.68. The van der Waals surface area contributed by atoms with Gasteiger partial charge in [0.1, 0.15) is 0 Å². The second kappa shape index (κ2) is 10.8. The Morgan fingerprint density at radius 3 is 2.54 bits per heavy atom. The molecule has 1 aliphatic rings. The lowest BCUT2D eigenvalue weighted by Crippen LogP contribution is -2.42. The van der Waals surface area contributed by atoms with Crippen LogP contribution in [0.5, 0.6) is 5.88 Å². The number of allylic oxidation sites excluding steroid dienone is 1. The van der Waals surface area contributed by atoms with Crippen molar-refractivity contribution in [1.29, 1.82) is 0 Å². The van der Waals surface area contributed by atoms with E-state index in [1.165, 1.54) is 11.3 Å². The topological polar surface area (TPSA) is 106 Å². The molecule has 3 aromatic rings. The van der Waals surface area contributed by atoms with Gasteiger partial charge < -0.3 is 9.84 Å². The number of hydrogen-bond acceptors (Lipinski definition) is 7. The molecule has 2 atom stereocenters. The summed E-state index contributed by atoms with van der Waals surface area (Å²) in [5.74, 6) is -1.20. The van der Waals surface area contributed by atoms with Gasteiger partial charge in [-0.2, -0.15) is 0 Å². The number of aliphatic carboxylic acids is 1. The molecule has 35 heavy (non-hydrogen) atoms. The fourth-order valence-electron chi connectivity index (χ4n) is 4.41. The van der Waals surface area contributed by atoms with Crippen LogP contribution in [0, 0.1) is 17.8 Å². The smallest absolute Gasteiger partial charge is 0.304 e. The third-order valence-corrected chi connectivity index (χ3v) is 7.12. The molecule has 182 valence electrons. The average molecular weight is 493 g/mol. The first-order valence-corrected chi connectivity index (χ1v) is 12.4. The zero-order valence-electron chi connectivity index (χ0n) is 19.9. The Morgan fingerprint density at radius 2 is 1.91 bits per heavy atom. The van der Waals surface area contributed by atoms with Crippen molar-refractivity contribution < 1.29 is 19.4 Å². The standard InChI is InChI=1S/C26H28N4O4S/c1-16(2)17-8-6-7-11-30(25(33)20(17)12-24(31)32)26-29-22(15-35-26)19-10-5-4-9-18(19)21-13-28-23(34-3)14-27-21/h4-7,9-10,13-17,20H,8,11-12H2,1-3H3,(H,31,32)/b7-6-/t17?,20-/m0/s1. The molecular weight excluding hydrogens is 464 g/mol. The summed E-state index contributed by atoms with van der Waals surface area (Å²) in [4.78, 5) is 40.3. The van der Waals surface area contributed by atoms with E-state index in [0.717, 1.165) is 11.1 Å². The van der Waals surface area contributed by atoms with Crippen molar-refractivity contribution in [1.82, 2.24) is 15.0 Å². The van der Waals surface area contributed by atoms with Crippen LogP contribution < -0.4 is 9.64 Å². The Morgan fingerprint density at radius 1 is 1.17 bits per heavy atom. The fourth-order valence-corrected chi connectivity index (χ4v) is 5.25. The molecule has 4 rings (SSSR count). The predicted molar refractivity (Wildman–Crippen MR) is 135 cm³/mol. The zero-order valence-corrected chi connectivity index (χ0v) is 20.7. The van der Waals surface area contributed by atoms with Gasteiger partial charge in [-0.05, 0) is 18.3 Å². The molecule has 1 amide bonds. The van der Waals surface area contributed by atoms with Crippen molar-refractivity contribution in [2.24, 2.45) is 17.8 Å². The molecular formula is C26H28N4O4S. The summed E-state index contributed by atoms with van der Waals surface area (Å²) in [6.45, 7) is 4.43. The monoisotopic (exact) mass is 492 g/mol. The number of carboxylic acids is 1. The molecule has 0 saturated heterocycles. The van der Waals surface area contributed by atoms with E-state index in [-0.39, 0.29) is 24.2 Å². The molecule has 0 radical (unpaired) electrons. The second-order valence-corrected chi connectivity index (χ2v) is 9.61. The number of hydrogen-bond donors (Lipinski definition) is 1. The highest BCUT2D eigenvalue weighted by atomic mass is 32.1. The van der Waals surface area contributed by atoms with Crippen molar-refractivity contribution >= 4 is 28.3 Å². The molecule has 0 bridgehead atoms. The molecule has 1 aromatic carbocycles. The number of benzene rings is 1. The maximum absolute atomic E-state index is 13.6. The van der Waals surface area contributed by atoms with E-state index < -0.39 is 11.9 Å². The van der Waals surface area contributed by atoms with Crippen LogP contribution in [-0.4, -0.2) is 45.6 Å². The van der Waals surface area contributed by atoms with Gasteiger partial charge in [0.05, 0.1) is 43.2 Å². The van der Waals surface area contributed by atoms with Gasteiger partial charge >= 0.3 is 5.97 Å². The first-order chi connectivity index (χ1) is 16.9. The van der Waals surface area contributed by atoms with Crippen molar-refractivity contribution in [2.45, 2.75) is 26.7 Å². The minimum absolute atomic E-state index is 0.0496. The maximum atomic E-state index is 13.6. The number of thiazole rings is 1. The lowest BCUT2D eigenvalue weighted by Gasteiger charge is -2.33. The van der Waals surface area contributed by atoms with E-state index in [1.807, 2.05) is 55.6 Å². The number of carbonyl (C=O) groups excluding carboxylic acids is 1. The van der Waals surface area contributed by atoms with Crippen LogP contribution >= 0.6 is 11.3 Å². The molecule has 0 aliphatic carbocycles. The number of ether oxygens (including phenoxy) is 1. The summed E-state index contributed by atoms with van der Waals surface area (Å²) in [5, 5.41) is 12.0. The molecule has 0 spiro atoms. The van der Waals surface area contributed by atoms with Gasteiger partial charge in [0.2, 0.25) is 11.8 Å². The second-order valence-electron chi connectivity index (χ2n) is 8.77. The summed E-state index contributed by atoms with van der Waals surface area (Å²) < 4.78 is 5.11. The summed E-state index contributed by atoms with van der Waals surface area (Å²) in [7, 11) is 1.54. The first kappa shape index (κ1) is 24.5. The lowest BCUT2D eigenvalue weighted by molar-refractivity contribution is -0.142. The summed E-state index contributed by atoms with van der Waals surface area (Å²) in [6.07, 6.45) is 7.73. The quantitative estimate of drug-likeness (QED) is 0.466. The van der Waals surface area contributed by atoms with Gasteiger partial charge in [-0.25, -0.2) is 15.0 Å². The number of amides is 1. The van der Waals surface area contributed by atoms with Crippen LogP contribution in [0.2, 0.25) is 0 Å². The third-order valence-electron chi connectivity index (χ3n) is 6.25. The summed E-state index contributed by atoms with van der Waals surface area (Å²) >= 11 is 1.37. The van der Waals surface area contributed by atoms with Crippen molar-refractivity contribution in [3.05, 3.63) is 54.2 Å². The Labute approximate surface area is 208 Å². The number of nitrogens with zero attached hydrogens (tertiary/aromatic N) is 4. The van der Waals surface area contributed by atoms with Gasteiger partial charge in [0, 0.05) is 23.1 Å². The number of carboxylic acid groups (broad SMARTS) is 1. The molecule has 0 fully saturated rings. The number of carbonyl (C=O) groups is 2. The molecule has 0 saturated carbocycles. The predicted octanol–water partition coefficient (Wildman–Crippen LogP) is 4.93. The van der Waals surface area contributed by atoms with Crippen LogP contribution in [0.3, 0.4) is 0 Å². The molecule has 1 N–H and O–H groups in total. The van der Waals surface area contributed by atoms with Gasteiger partial charge in [-0.3, -0.25) is 14.5 Å². The van der Waals surface area contributed by atoms with E-state index in [9.17, 15) is 14.7 Å². The highest BCUT2D eigenvalue weighted by Gasteiger charge is 2.36. The molecule has 2 aromatic heterocycles. The SMILES string of the molecule is COc1cnc(-c2ccccc2-c2csc(N3C/C=C\CC(C(C)C)[C@H](CC(=O)O)C3=O)n2)cn1. The van der Waals surface area contributed by atoms with E-state index in [4.69, 9.17) is 9.72 Å². The van der Waals surface area contributed by atoms with E-state index in [0.29, 0.717) is 35.4 Å². The van der Waals surface area contributed by atoms with Gasteiger partial charge in [-0.15, -0.1) is 11.3 Å². The van der Waals surface area contributed by atoms with Crippen molar-refractivity contribution in [3.8, 4) is 28.4 Å². The largest absolute Gasteiger partial charge is 0.481 e. The first-order valence-electron chi connectivity index (χ1n) is 11.5. The van der Waals surface area contributed by atoms with E-state index >= 15 is 0 Å². The molecule has 3 heterocycles. The van der Waals surface area contributed by atoms with Crippen LogP contribution in [0.4, 0.5) is 5.13 Å². The Kier molecular flexibility index (Phi) is 7.55. The summed E-state index contributed by atoms with van der Waals surface area (Å²) in [6, 6.07) is 7.75. The number of rotatable bonds is 7. The maximum Gasteiger partial charge on any atom is 0.304 e. The van der Waals surface area contributed by atoms with Gasteiger partial charge in [0.25, 0.3) is 0 Å². The molecule has 8 nitrogen and oxygen atoms in total. The van der Waals surface area contributed by atoms with Crippen LogP contribution in [-0.2, 0) is 9.59 Å². The highest BCUT2D eigenvalue weighted by Crippen LogP contribution is 2.37. The number of methoxy groups -OCH3 is 1. The lowest BCUT2D eigenvalue weighted by atomic mass is 9.78. The number of aromatic nitrogens is 3. The molecule has 1 aliphatic heterocycles. The fraction of sp³-hybridized carbons (Fsp3) is 0.346. The minimum atomic E-state index is -0.965. The Bertz CT molecular complexity index is 1220. The highest BCUT2D eigenvalue weighted by molar-refractivity contribution is 7.14.